The van der Waals surface area contributed by atoms with Crippen LogP contribution >= 0.6 is 23.6 Å². The van der Waals surface area contributed by atoms with E-state index in [1.165, 1.54) is 0 Å². The van der Waals surface area contributed by atoms with Crippen LogP contribution in [0.2, 0.25) is 0 Å². The van der Waals surface area contributed by atoms with E-state index in [1.54, 1.807) is 11.3 Å². The molecule has 1 amide bonds. The van der Waals surface area contributed by atoms with Crippen LogP contribution in [0.4, 0.5) is 5.69 Å². The number of hydrogen-bond donors (Lipinski definition) is 2. The molecule has 3 nitrogen and oxygen atoms in total. The van der Waals surface area contributed by atoms with Crippen molar-refractivity contribution in [3.05, 3.63) is 16.3 Å². The molecule has 0 spiro atoms. The molecule has 0 bridgehead atoms. The fourth-order valence-electron chi connectivity index (χ4n) is 0.841. The second kappa shape index (κ2) is 4.34. The second-order valence-electron chi connectivity index (χ2n) is 2.66. The van der Waals surface area contributed by atoms with E-state index in [1.807, 2.05) is 17.7 Å². The SMILES string of the molecule is Cc1cscc1NC(=O)CC(N)=S. The van der Waals surface area contributed by atoms with Crippen LogP contribution in [-0.2, 0) is 4.79 Å². The zero-order valence-electron chi connectivity index (χ0n) is 7.16. The van der Waals surface area contributed by atoms with Gasteiger partial charge in [-0.2, -0.15) is 0 Å². The molecular weight excluding hydrogens is 204 g/mol. The van der Waals surface area contributed by atoms with Gasteiger partial charge in [0.25, 0.3) is 0 Å². The largest absolute Gasteiger partial charge is 0.393 e. The Bertz CT molecular complexity index is 333. The molecule has 0 unspecified atom stereocenters. The van der Waals surface area contributed by atoms with Crippen molar-refractivity contribution in [1.82, 2.24) is 0 Å². The molecule has 0 saturated carbocycles. The van der Waals surface area contributed by atoms with E-state index in [0.29, 0.717) is 0 Å². The summed E-state index contributed by atoms with van der Waals surface area (Å²) >= 11 is 6.17. The minimum atomic E-state index is -0.158. The summed E-state index contributed by atoms with van der Waals surface area (Å²) in [6.45, 7) is 1.94. The Morgan fingerprint density at radius 2 is 2.38 bits per heavy atom. The third-order valence-corrected chi connectivity index (χ3v) is 2.47. The zero-order chi connectivity index (χ0) is 9.84. The van der Waals surface area contributed by atoms with Crippen molar-refractivity contribution in [2.45, 2.75) is 13.3 Å². The molecule has 1 rings (SSSR count). The van der Waals surface area contributed by atoms with Gasteiger partial charge in [-0.05, 0) is 17.9 Å². The maximum atomic E-state index is 11.2. The van der Waals surface area contributed by atoms with Crippen molar-refractivity contribution in [1.29, 1.82) is 0 Å². The fourth-order valence-corrected chi connectivity index (χ4v) is 1.75. The highest BCUT2D eigenvalue weighted by atomic mass is 32.1. The van der Waals surface area contributed by atoms with Crippen molar-refractivity contribution >= 4 is 40.1 Å². The summed E-state index contributed by atoms with van der Waals surface area (Å²) in [7, 11) is 0. The van der Waals surface area contributed by atoms with Gasteiger partial charge in [-0.25, -0.2) is 0 Å². The smallest absolute Gasteiger partial charge is 0.231 e. The Morgan fingerprint density at radius 3 is 2.85 bits per heavy atom. The molecule has 1 heterocycles. The number of hydrogen-bond acceptors (Lipinski definition) is 3. The van der Waals surface area contributed by atoms with Crippen LogP contribution in [0.25, 0.3) is 0 Å². The summed E-state index contributed by atoms with van der Waals surface area (Å²) in [5, 5.41) is 6.58. The van der Waals surface area contributed by atoms with Crippen molar-refractivity contribution in [3.8, 4) is 0 Å². The molecule has 13 heavy (non-hydrogen) atoms. The molecule has 0 aliphatic heterocycles. The van der Waals surface area contributed by atoms with E-state index in [2.05, 4.69) is 17.5 Å². The van der Waals surface area contributed by atoms with Gasteiger partial charge in [0, 0.05) is 5.38 Å². The lowest BCUT2D eigenvalue weighted by Crippen LogP contribution is -2.20. The third kappa shape index (κ3) is 3.12. The van der Waals surface area contributed by atoms with Crippen molar-refractivity contribution < 1.29 is 4.79 Å². The maximum Gasteiger partial charge on any atom is 0.231 e. The number of aryl methyl sites for hydroxylation is 1. The lowest BCUT2D eigenvalue weighted by atomic mass is 10.3. The van der Waals surface area contributed by atoms with Crippen LogP contribution in [0.15, 0.2) is 10.8 Å². The van der Waals surface area contributed by atoms with Gasteiger partial charge in [-0.3, -0.25) is 4.79 Å². The second-order valence-corrected chi connectivity index (χ2v) is 3.93. The number of amides is 1. The van der Waals surface area contributed by atoms with Crippen LogP contribution in [0.5, 0.6) is 0 Å². The highest BCUT2D eigenvalue weighted by molar-refractivity contribution is 7.80. The molecule has 5 heteroatoms. The number of anilines is 1. The van der Waals surface area contributed by atoms with Crippen molar-refractivity contribution in [2.75, 3.05) is 5.32 Å². The average Bonchev–Trinajstić information content (AvgIpc) is 2.34. The van der Waals surface area contributed by atoms with E-state index >= 15 is 0 Å². The lowest BCUT2D eigenvalue weighted by Gasteiger charge is -2.02. The molecule has 1 aromatic rings. The molecule has 1 aromatic heterocycles. The summed E-state index contributed by atoms with van der Waals surface area (Å²) < 4.78 is 0. The van der Waals surface area contributed by atoms with Gasteiger partial charge in [-0.1, -0.05) is 12.2 Å². The molecule has 3 N–H and O–H groups in total. The van der Waals surface area contributed by atoms with E-state index in [-0.39, 0.29) is 17.3 Å². The van der Waals surface area contributed by atoms with Crippen LogP contribution in [0.3, 0.4) is 0 Å². The Balaban J connectivity index is 2.55. The minimum absolute atomic E-state index is 0.102. The highest BCUT2D eigenvalue weighted by Crippen LogP contribution is 2.19. The summed E-state index contributed by atoms with van der Waals surface area (Å²) in [4.78, 5) is 11.4. The number of nitrogens with two attached hydrogens (primary N) is 1. The predicted molar refractivity (Wildman–Crippen MR) is 59.1 cm³/mol. The number of nitrogens with one attached hydrogen (secondary N) is 1. The Labute approximate surface area is 85.9 Å². The fraction of sp³-hybridized carbons (Fsp3) is 0.250. The molecule has 0 fully saturated rings. The summed E-state index contributed by atoms with van der Waals surface area (Å²) in [6, 6.07) is 0. The molecular formula is C8H10N2OS2. The molecule has 70 valence electrons. The van der Waals surface area contributed by atoms with Crippen LogP contribution in [0, 0.1) is 6.92 Å². The van der Waals surface area contributed by atoms with Gasteiger partial charge in [0.05, 0.1) is 17.1 Å². The Kier molecular flexibility index (Phi) is 3.39. The van der Waals surface area contributed by atoms with Gasteiger partial charge >= 0.3 is 0 Å². The van der Waals surface area contributed by atoms with Gasteiger partial charge in [0.2, 0.25) is 5.91 Å². The van der Waals surface area contributed by atoms with Crippen LogP contribution in [-0.4, -0.2) is 10.9 Å². The van der Waals surface area contributed by atoms with Gasteiger partial charge in [0.1, 0.15) is 0 Å². The van der Waals surface area contributed by atoms with E-state index < -0.39 is 0 Å². The number of rotatable bonds is 3. The molecule has 0 aromatic carbocycles. The first-order chi connectivity index (χ1) is 6.09. The number of carbonyl (C=O) groups excluding carboxylic acids is 1. The average molecular weight is 214 g/mol. The summed E-state index contributed by atoms with van der Waals surface area (Å²) in [6.07, 6.45) is 0.102. The quantitative estimate of drug-likeness (QED) is 0.753. The van der Waals surface area contributed by atoms with E-state index in [4.69, 9.17) is 5.73 Å². The predicted octanol–water partition coefficient (Wildman–Crippen LogP) is 1.67. The van der Waals surface area contributed by atoms with Gasteiger partial charge in [-0.15, -0.1) is 11.3 Å². The molecule has 0 saturated heterocycles. The number of thiophene rings is 1. The molecule has 0 aliphatic rings. The third-order valence-electron chi connectivity index (χ3n) is 1.46. The number of carbonyl (C=O) groups is 1. The first-order valence-corrected chi connectivity index (χ1v) is 5.05. The lowest BCUT2D eigenvalue weighted by molar-refractivity contribution is -0.115. The van der Waals surface area contributed by atoms with Crippen LogP contribution in [0.1, 0.15) is 12.0 Å². The number of thiocarbonyl (C=S) groups is 1. The Hall–Kier alpha value is -0.940. The van der Waals surface area contributed by atoms with Gasteiger partial charge in [0.15, 0.2) is 0 Å². The minimum Gasteiger partial charge on any atom is -0.393 e. The van der Waals surface area contributed by atoms with Gasteiger partial charge < -0.3 is 11.1 Å². The van der Waals surface area contributed by atoms with Crippen molar-refractivity contribution in [3.63, 3.8) is 0 Å². The van der Waals surface area contributed by atoms with E-state index in [0.717, 1.165) is 11.3 Å². The van der Waals surface area contributed by atoms with E-state index in [9.17, 15) is 4.79 Å². The standard InChI is InChI=1S/C8H10N2OS2/c1-5-3-13-4-6(5)10-8(11)2-7(9)12/h3-4H,2H2,1H3,(H2,9,12)(H,10,11). The normalized spacial score (nSPS) is 9.62. The topological polar surface area (TPSA) is 55.1 Å². The first-order valence-electron chi connectivity index (χ1n) is 3.70. The highest BCUT2D eigenvalue weighted by Gasteiger charge is 2.05. The summed E-state index contributed by atoms with van der Waals surface area (Å²) in [5.41, 5.74) is 7.13. The monoisotopic (exact) mass is 214 g/mol. The first kappa shape index (κ1) is 10.1. The summed E-state index contributed by atoms with van der Waals surface area (Å²) in [5.74, 6) is -0.158. The molecule has 0 radical (unpaired) electrons. The zero-order valence-corrected chi connectivity index (χ0v) is 8.80. The molecule has 0 aliphatic carbocycles. The molecule has 0 atom stereocenters. The Morgan fingerprint density at radius 1 is 1.69 bits per heavy atom. The maximum absolute atomic E-state index is 11.2. The van der Waals surface area contributed by atoms with Crippen LogP contribution < -0.4 is 11.1 Å². The van der Waals surface area contributed by atoms with Crippen molar-refractivity contribution in [2.24, 2.45) is 5.73 Å².